The van der Waals surface area contributed by atoms with Crippen LogP contribution in [-0.2, 0) is 0 Å². The van der Waals surface area contributed by atoms with Gasteiger partial charge in [-0.25, -0.2) is 4.39 Å². The molecule has 2 N–H and O–H groups in total. The summed E-state index contributed by atoms with van der Waals surface area (Å²) in [6, 6.07) is 4.98. The molecule has 88 valence electrons. The highest BCUT2D eigenvalue weighted by molar-refractivity contribution is 7.80. The molecule has 0 saturated carbocycles. The zero-order valence-electron chi connectivity index (χ0n) is 9.80. The first kappa shape index (κ1) is 12.9. The van der Waals surface area contributed by atoms with Crippen LogP contribution in [0.3, 0.4) is 0 Å². The first-order valence-electron chi connectivity index (χ1n) is 5.30. The molecule has 0 aliphatic rings. The van der Waals surface area contributed by atoms with Gasteiger partial charge in [-0.05, 0) is 42.8 Å². The van der Waals surface area contributed by atoms with Crippen molar-refractivity contribution in [3.05, 3.63) is 29.6 Å². The highest BCUT2D eigenvalue weighted by Crippen LogP contribution is 2.13. The minimum Gasteiger partial charge on any atom is -0.362 e. The topological polar surface area (TPSA) is 24.1 Å². The van der Waals surface area contributed by atoms with Crippen LogP contribution in [0, 0.1) is 18.7 Å². The largest absolute Gasteiger partial charge is 0.362 e. The van der Waals surface area contributed by atoms with Gasteiger partial charge in [-0.15, -0.1) is 0 Å². The van der Waals surface area contributed by atoms with Gasteiger partial charge in [-0.3, -0.25) is 0 Å². The molecule has 1 rings (SSSR count). The summed E-state index contributed by atoms with van der Waals surface area (Å²) in [5.41, 5.74) is 1.30. The normalized spacial score (nSPS) is 10.3. The lowest BCUT2D eigenvalue weighted by atomic mass is 10.2. The summed E-state index contributed by atoms with van der Waals surface area (Å²) >= 11 is 5.09. The van der Waals surface area contributed by atoms with Gasteiger partial charge >= 0.3 is 0 Å². The molecule has 0 radical (unpaired) electrons. The molecule has 0 fully saturated rings. The summed E-state index contributed by atoms with van der Waals surface area (Å²) in [7, 11) is 0. The summed E-state index contributed by atoms with van der Waals surface area (Å²) in [6.45, 7) is 6.73. The predicted molar refractivity (Wildman–Crippen MR) is 70.2 cm³/mol. The maximum Gasteiger partial charge on any atom is 0.170 e. The lowest BCUT2D eigenvalue weighted by Gasteiger charge is -2.12. The van der Waals surface area contributed by atoms with Gasteiger partial charge in [-0.1, -0.05) is 19.9 Å². The molecule has 0 unspecified atom stereocenters. The van der Waals surface area contributed by atoms with Crippen molar-refractivity contribution in [2.24, 2.45) is 5.92 Å². The van der Waals surface area contributed by atoms with Gasteiger partial charge in [0.1, 0.15) is 5.82 Å². The molecule has 1 aromatic carbocycles. The van der Waals surface area contributed by atoms with Crippen LogP contribution in [0.5, 0.6) is 0 Å². The third-order valence-electron chi connectivity index (χ3n) is 2.10. The maximum atomic E-state index is 13.2. The molecular weight excluding hydrogens is 223 g/mol. The van der Waals surface area contributed by atoms with Crippen molar-refractivity contribution in [3.8, 4) is 0 Å². The zero-order chi connectivity index (χ0) is 12.1. The molecular formula is C12H17FN2S. The van der Waals surface area contributed by atoms with Crippen molar-refractivity contribution in [3.63, 3.8) is 0 Å². The summed E-state index contributed by atoms with van der Waals surface area (Å²) in [6.07, 6.45) is 0. The average Bonchev–Trinajstić information content (AvgIpc) is 2.21. The molecule has 0 saturated heterocycles. The van der Waals surface area contributed by atoms with E-state index in [-0.39, 0.29) is 5.82 Å². The Balaban J connectivity index is 2.53. The van der Waals surface area contributed by atoms with Gasteiger partial charge in [0.15, 0.2) is 5.11 Å². The quantitative estimate of drug-likeness (QED) is 0.794. The van der Waals surface area contributed by atoms with Crippen molar-refractivity contribution in [2.45, 2.75) is 20.8 Å². The lowest BCUT2D eigenvalue weighted by Crippen LogP contribution is -2.31. The Labute approximate surface area is 101 Å². The maximum absolute atomic E-state index is 13.2. The molecule has 0 spiro atoms. The summed E-state index contributed by atoms with van der Waals surface area (Å²) in [5.74, 6) is 0.297. The molecule has 0 amide bonds. The monoisotopic (exact) mass is 240 g/mol. The van der Waals surface area contributed by atoms with Crippen molar-refractivity contribution in [2.75, 3.05) is 11.9 Å². The van der Waals surface area contributed by atoms with E-state index in [2.05, 4.69) is 24.5 Å². The third kappa shape index (κ3) is 4.14. The molecule has 0 heterocycles. The van der Waals surface area contributed by atoms with Crippen LogP contribution in [0.2, 0.25) is 0 Å². The van der Waals surface area contributed by atoms with Crippen LogP contribution in [0.1, 0.15) is 19.4 Å². The minimum absolute atomic E-state index is 0.225. The number of benzene rings is 1. The fourth-order valence-corrected chi connectivity index (χ4v) is 1.34. The Morgan fingerprint density at radius 1 is 1.44 bits per heavy atom. The van der Waals surface area contributed by atoms with Gasteiger partial charge in [0, 0.05) is 12.2 Å². The zero-order valence-corrected chi connectivity index (χ0v) is 10.6. The van der Waals surface area contributed by atoms with E-state index in [1.54, 1.807) is 13.0 Å². The fraction of sp³-hybridized carbons (Fsp3) is 0.417. The van der Waals surface area contributed by atoms with Crippen LogP contribution in [0.4, 0.5) is 10.1 Å². The first-order chi connectivity index (χ1) is 7.49. The smallest absolute Gasteiger partial charge is 0.170 e. The van der Waals surface area contributed by atoms with Crippen molar-refractivity contribution >= 4 is 23.0 Å². The summed E-state index contributed by atoms with van der Waals surface area (Å²) in [4.78, 5) is 0. The number of rotatable bonds is 3. The highest BCUT2D eigenvalue weighted by atomic mass is 32.1. The lowest BCUT2D eigenvalue weighted by molar-refractivity contribution is 0.619. The highest BCUT2D eigenvalue weighted by Gasteiger charge is 2.01. The number of aryl methyl sites for hydroxylation is 1. The number of thiocarbonyl (C=S) groups is 1. The van der Waals surface area contributed by atoms with E-state index in [0.717, 1.165) is 6.54 Å². The van der Waals surface area contributed by atoms with Crippen LogP contribution in [0.15, 0.2) is 18.2 Å². The second-order valence-corrected chi connectivity index (χ2v) is 4.60. The third-order valence-corrected chi connectivity index (χ3v) is 2.35. The molecule has 1 aromatic rings. The van der Waals surface area contributed by atoms with Crippen molar-refractivity contribution in [1.82, 2.24) is 5.32 Å². The van der Waals surface area contributed by atoms with Gasteiger partial charge in [0.05, 0.1) is 0 Å². The fourth-order valence-electron chi connectivity index (χ4n) is 1.14. The van der Waals surface area contributed by atoms with E-state index in [4.69, 9.17) is 12.2 Å². The second-order valence-electron chi connectivity index (χ2n) is 4.19. The Bertz CT molecular complexity index is 377. The van der Waals surface area contributed by atoms with E-state index in [0.29, 0.717) is 22.3 Å². The van der Waals surface area contributed by atoms with Crippen LogP contribution in [-0.4, -0.2) is 11.7 Å². The first-order valence-corrected chi connectivity index (χ1v) is 5.71. The Hall–Kier alpha value is -1.16. The molecule has 16 heavy (non-hydrogen) atoms. The standard InChI is InChI=1S/C12H17FN2S/c1-8(2)7-14-12(16)15-10-5-4-9(3)11(13)6-10/h4-6,8H,7H2,1-3H3,(H2,14,15,16). The molecule has 0 bridgehead atoms. The van der Waals surface area contributed by atoms with Crippen molar-refractivity contribution < 1.29 is 4.39 Å². The van der Waals surface area contributed by atoms with E-state index in [1.165, 1.54) is 6.07 Å². The average molecular weight is 240 g/mol. The van der Waals surface area contributed by atoms with Crippen molar-refractivity contribution in [1.29, 1.82) is 0 Å². The van der Waals surface area contributed by atoms with E-state index in [1.807, 2.05) is 6.07 Å². The van der Waals surface area contributed by atoms with E-state index < -0.39 is 0 Å². The molecule has 4 heteroatoms. The van der Waals surface area contributed by atoms with Gasteiger partial charge in [-0.2, -0.15) is 0 Å². The summed E-state index contributed by atoms with van der Waals surface area (Å²) < 4.78 is 13.2. The number of anilines is 1. The minimum atomic E-state index is -0.225. The van der Waals surface area contributed by atoms with Crippen LogP contribution in [0.25, 0.3) is 0 Å². The number of hydrogen-bond acceptors (Lipinski definition) is 1. The number of halogens is 1. The molecule has 0 aliphatic heterocycles. The predicted octanol–water partition coefficient (Wildman–Crippen LogP) is 3.08. The van der Waals surface area contributed by atoms with E-state index >= 15 is 0 Å². The Morgan fingerprint density at radius 3 is 2.69 bits per heavy atom. The molecule has 2 nitrogen and oxygen atoms in total. The van der Waals surface area contributed by atoms with E-state index in [9.17, 15) is 4.39 Å². The number of hydrogen-bond donors (Lipinski definition) is 2. The SMILES string of the molecule is Cc1ccc(NC(=S)NCC(C)C)cc1F. The Kier molecular flexibility index (Phi) is 4.68. The molecule has 0 atom stereocenters. The second kappa shape index (κ2) is 5.80. The van der Waals surface area contributed by atoms with Crippen LogP contribution < -0.4 is 10.6 Å². The number of nitrogens with one attached hydrogen (secondary N) is 2. The van der Waals surface area contributed by atoms with Gasteiger partial charge in [0.2, 0.25) is 0 Å². The summed E-state index contributed by atoms with van der Waals surface area (Å²) in [5, 5.41) is 6.53. The molecule has 0 aliphatic carbocycles. The molecule has 0 aromatic heterocycles. The van der Waals surface area contributed by atoms with Gasteiger partial charge < -0.3 is 10.6 Å². The van der Waals surface area contributed by atoms with Crippen LogP contribution >= 0.6 is 12.2 Å². The Morgan fingerprint density at radius 2 is 2.12 bits per heavy atom. The van der Waals surface area contributed by atoms with Gasteiger partial charge in [0.25, 0.3) is 0 Å².